The van der Waals surface area contributed by atoms with Crippen molar-refractivity contribution in [2.45, 2.75) is 32.4 Å². The lowest BCUT2D eigenvalue weighted by molar-refractivity contribution is 0.245. The molecule has 1 saturated heterocycles. The van der Waals surface area contributed by atoms with Gasteiger partial charge in [0.2, 0.25) is 0 Å². The molecule has 3 rings (SSSR count). The minimum atomic E-state index is -0.377. The van der Waals surface area contributed by atoms with Crippen molar-refractivity contribution in [1.82, 2.24) is 5.32 Å². The Labute approximate surface area is 152 Å². The molecule has 24 heavy (non-hydrogen) atoms. The Hall–Kier alpha value is -1.55. The van der Waals surface area contributed by atoms with Gasteiger partial charge in [-0.25, -0.2) is 0 Å². The molecule has 0 aliphatic carbocycles. The molecule has 0 unspecified atom stereocenters. The van der Waals surface area contributed by atoms with Crippen LogP contribution in [0.2, 0.25) is 10.0 Å². The van der Waals surface area contributed by atoms with Gasteiger partial charge in [-0.05, 0) is 23.3 Å². The summed E-state index contributed by atoms with van der Waals surface area (Å²) >= 11 is 12.8. The molecule has 0 bridgehead atoms. The molecule has 0 saturated carbocycles. The van der Waals surface area contributed by atoms with E-state index in [0.717, 1.165) is 16.8 Å². The van der Waals surface area contributed by atoms with E-state index in [0.29, 0.717) is 16.5 Å². The van der Waals surface area contributed by atoms with E-state index in [4.69, 9.17) is 23.2 Å². The first-order valence-electron chi connectivity index (χ1n) is 7.91. The lowest BCUT2D eigenvalue weighted by Crippen LogP contribution is -2.48. The van der Waals surface area contributed by atoms with Crippen LogP contribution in [0, 0.1) is 5.41 Å². The number of halogens is 2. The van der Waals surface area contributed by atoms with Gasteiger partial charge >= 0.3 is 0 Å². The lowest BCUT2D eigenvalue weighted by Gasteiger charge is -2.44. The van der Waals surface area contributed by atoms with Gasteiger partial charge in [-0.3, -0.25) is 0 Å². The Morgan fingerprint density at radius 1 is 1.00 bits per heavy atom. The van der Waals surface area contributed by atoms with Gasteiger partial charge in [0.05, 0.1) is 5.71 Å². The highest BCUT2D eigenvalue weighted by molar-refractivity contribution is 6.31. The number of piperidine rings is 1. The Bertz CT molecular complexity index is 773. The smallest absolute Gasteiger partial charge is 0.0664 e. The van der Waals surface area contributed by atoms with Gasteiger partial charge in [0.25, 0.3) is 0 Å². The number of oxime groups is 1. The van der Waals surface area contributed by atoms with Crippen molar-refractivity contribution in [3.05, 3.63) is 69.7 Å². The first kappa shape index (κ1) is 17.3. The van der Waals surface area contributed by atoms with E-state index < -0.39 is 0 Å². The average molecular weight is 363 g/mol. The van der Waals surface area contributed by atoms with Crippen molar-refractivity contribution in [3.63, 3.8) is 0 Å². The van der Waals surface area contributed by atoms with Gasteiger partial charge in [-0.2, -0.15) is 0 Å². The summed E-state index contributed by atoms with van der Waals surface area (Å²) in [6.45, 7) is 4.12. The van der Waals surface area contributed by atoms with E-state index in [9.17, 15) is 5.21 Å². The SMILES string of the molecule is CC1(C)/C(=N/O)C[C@@H](c2ccccc2Cl)N[C@H]1c1ccccc1Cl. The van der Waals surface area contributed by atoms with Crippen LogP contribution in [0.4, 0.5) is 0 Å². The molecule has 126 valence electrons. The average Bonchev–Trinajstić information content (AvgIpc) is 2.56. The summed E-state index contributed by atoms with van der Waals surface area (Å²) in [5.41, 5.74) is 2.34. The zero-order valence-electron chi connectivity index (χ0n) is 13.6. The van der Waals surface area contributed by atoms with Gasteiger partial charge in [-0.1, -0.05) is 78.6 Å². The van der Waals surface area contributed by atoms with Gasteiger partial charge < -0.3 is 10.5 Å². The van der Waals surface area contributed by atoms with Crippen molar-refractivity contribution in [2.75, 3.05) is 0 Å². The van der Waals surface area contributed by atoms with Crippen molar-refractivity contribution in [3.8, 4) is 0 Å². The predicted octanol–water partition coefficient (Wildman–Crippen LogP) is 5.63. The Balaban J connectivity index is 2.06. The van der Waals surface area contributed by atoms with E-state index in [1.54, 1.807) is 0 Å². The third kappa shape index (κ3) is 3.04. The standard InChI is InChI=1S/C19H20Cl2N2O/c1-19(2)17(23-24)11-16(12-7-3-5-9-14(12)20)22-18(19)13-8-4-6-10-15(13)21/h3-10,16,18,22,24H,11H2,1-2H3/b23-17+/t16-,18-/m0/s1. The Morgan fingerprint density at radius 3 is 2.08 bits per heavy atom. The summed E-state index contributed by atoms with van der Waals surface area (Å²) in [5, 5.41) is 18.2. The first-order valence-corrected chi connectivity index (χ1v) is 8.67. The fourth-order valence-corrected chi connectivity index (χ4v) is 3.92. The van der Waals surface area contributed by atoms with E-state index in [-0.39, 0.29) is 17.5 Å². The summed E-state index contributed by atoms with van der Waals surface area (Å²) < 4.78 is 0. The summed E-state index contributed by atoms with van der Waals surface area (Å²) in [5.74, 6) is 0. The van der Waals surface area contributed by atoms with Gasteiger partial charge in [0.15, 0.2) is 0 Å². The molecule has 2 aromatic rings. The van der Waals surface area contributed by atoms with Crippen LogP contribution in [-0.2, 0) is 0 Å². The van der Waals surface area contributed by atoms with Gasteiger partial charge in [0, 0.05) is 34.0 Å². The zero-order chi connectivity index (χ0) is 17.3. The molecule has 0 amide bonds. The fraction of sp³-hybridized carbons (Fsp3) is 0.316. The first-order chi connectivity index (χ1) is 11.4. The molecule has 2 N–H and O–H groups in total. The van der Waals surface area contributed by atoms with E-state index >= 15 is 0 Å². The van der Waals surface area contributed by atoms with Gasteiger partial charge in [-0.15, -0.1) is 0 Å². The minimum Gasteiger partial charge on any atom is -0.411 e. The Kier molecular flexibility index (Phi) is 4.86. The monoisotopic (exact) mass is 362 g/mol. The van der Waals surface area contributed by atoms with E-state index in [1.807, 2.05) is 48.5 Å². The van der Waals surface area contributed by atoms with Crippen LogP contribution in [-0.4, -0.2) is 10.9 Å². The maximum Gasteiger partial charge on any atom is 0.0664 e. The summed E-state index contributed by atoms with van der Waals surface area (Å²) in [4.78, 5) is 0. The van der Waals surface area contributed by atoms with Gasteiger partial charge in [0.1, 0.15) is 0 Å². The summed E-state index contributed by atoms with van der Waals surface area (Å²) in [6.07, 6.45) is 0.591. The second-order valence-corrected chi connectivity index (χ2v) is 7.48. The summed E-state index contributed by atoms with van der Waals surface area (Å²) in [6, 6.07) is 15.4. The second kappa shape index (κ2) is 6.75. The number of nitrogens with one attached hydrogen (secondary N) is 1. The number of hydrogen-bond acceptors (Lipinski definition) is 3. The van der Waals surface area contributed by atoms with Crippen LogP contribution in [0.3, 0.4) is 0 Å². The van der Waals surface area contributed by atoms with Crippen LogP contribution in [0.25, 0.3) is 0 Å². The molecule has 1 fully saturated rings. The fourth-order valence-electron chi connectivity index (χ4n) is 3.41. The third-order valence-corrected chi connectivity index (χ3v) is 5.54. The molecule has 1 aliphatic heterocycles. The van der Waals surface area contributed by atoms with Crippen LogP contribution in [0.5, 0.6) is 0 Å². The van der Waals surface area contributed by atoms with Crippen LogP contribution >= 0.6 is 23.2 Å². The maximum atomic E-state index is 9.59. The highest BCUT2D eigenvalue weighted by Crippen LogP contribution is 2.45. The number of rotatable bonds is 2. The highest BCUT2D eigenvalue weighted by atomic mass is 35.5. The maximum absolute atomic E-state index is 9.59. The highest BCUT2D eigenvalue weighted by Gasteiger charge is 2.43. The van der Waals surface area contributed by atoms with Crippen molar-refractivity contribution in [2.24, 2.45) is 10.6 Å². The number of benzene rings is 2. The molecule has 1 heterocycles. The molecule has 2 aromatic carbocycles. The number of nitrogens with zero attached hydrogens (tertiary/aromatic N) is 1. The zero-order valence-corrected chi connectivity index (χ0v) is 15.1. The molecule has 0 radical (unpaired) electrons. The van der Waals surface area contributed by atoms with E-state index in [1.165, 1.54) is 0 Å². The van der Waals surface area contributed by atoms with Crippen molar-refractivity contribution < 1.29 is 5.21 Å². The van der Waals surface area contributed by atoms with Crippen LogP contribution in [0.1, 0.15) is 43.5 Å². The third-order valence-electron chi connectivity index (χ3n) is 4.85. The predicted molar refractivity (Wildman–Crippen MR) is 99.1 cm³/mol. The van der Waals surface area contributed by atoms with Crippen LogP contribution < -0.4 is 5.32 Å². The normalized spacial score (nSPS) is 24.9. The molecule has 5 heteroatoms. The topological polar surface area (TPSA) is 44.6 Å². The minimum absolute atomic E-state index is 0.0427. The molecule has 2 atom stereocenters. The Morgan fingerprint density at radius 2 is 1.54 bits per heavy atom. The molecule has 0 aromatic heterocycles. The van der Waals surface area contributed by atoms with Crippen molar-refractivity contribution >= 4 is 28.9 Å². The number of hydrogen-bond donors (Lipinski definition) is 2. The molecule has 0 spiro atoms. The molecule has 1 aliphatic rings. The molecule has 3 nitrogen and oxygen atoms in total. The van der Waals surface area contributed by atoms with Crippen LogP contribution in [0.15, 0.2) is 53.7 Å². The largest absolute Gasteiger partial charge is 0.411 e. The van der Waals surface area contributed by atoms with Crippen molar-refractivity contribution in [1.29, 1.82) is 0 Å². The summed E-state index contributed by atoms with van der Waals surface area (Å²) in [7, 11) is 0. The quantitative estimate of drug-likeness (QED) is 0.537. The van der Waals surface area contributed by atoms with E-state index in [2.05, 4.69) is 24.3 Å². The molecular formula is C19H20Cl2N2O. The molecular weight excluding hydrogens is 343 g/mol. The lowest BCUT2D eigenvalue weighted by atomic mass is 9.70. The second-order valence-electron chi connectivity index (χ2n) is 6.67.